The van der Waals surface area contributed by atoms with Gasteiger partial charge in [-0.05, 0) is 74.3 Å². The fourth-order valence-electron chi connectivity index (χ4n) is 6.16. The Morgan fingerprint density at radius 2 is 1.73 bits per heavy atom. The van der Waals surface area contributed by atoms with Crippen molar-refractivity contribution in [2.24, 2.45) is 0 Å². The molecule has 8 heteroatoms. The average molecular weight is 541 g/mol. The zero-order chi connectivity index (χ0) is 27.3. The molecule has 0 aliphatic carbocycles. The normalized spacial score (nSPS) is 21.5. The molecule has 0 radical (unpaired) electrons. The number of carbonyl (C=O) groups excluding carboxylic acids is 1. The number of anilines is 1. The summed E-state index contributed by atoms with van der Waals surface area (Å²) >= 11 is 0. The van der Waals surface area contributed by atoms with Crippen molar-refractivity contribution in [3.63, 3.8) is 0 Å². The number of nitrogens with zero attached hydrogens (tertiary/aromatic N) is 5. The summed E-state index contributed by atoms with van der Waals surface area (Å²) in [6.07, 6.45) is 5.43. The van der Waals surface area contributed by atoms with E-state index >= 15 is 0 Å². The van der Waals surface area contributed by atoms with Gasteiger partial charge in [-0.3, -0.25) is 9.69 Å². The summed E-state index contributed by atoms with van der Waals surface area (Å²) in [7, 11) is 2.14. The maximum atomic E-state index is 13.2. The van der Waals surface area contributed by atoms with E-state index in [4.69, 9.17) is 9.72 Å². The van der Waals surface area contributed by atoms with Gasteiger partial charge in [0.1, 0.15) is 5.82 Å². The molecule has 1 aromatic heterocycles. The molecule has 40 heavy (non-hydrogen) atoms. The first-order valence-electron chi connectivity index (χ1n) is 14.7. The molecule has 0 saturated carbocycles. The molecule has 8 nitrogen and oxygen atoms in total. The van der Waals surface area contributed by atoms with E-state index in [1.807, 2.05) is 12.3 Å². The topological polar surface area (TPSA) is 73.8 Å². The number of hydrogen-bond donors (Lipinski definition) is 1. The van der Waals surface area contributed by atoms with Crippen LogP contribution in [0.15, 0.2) is 54.7 Å². The lowest BCUT2D eigenvalue weighted by molar-refractivity contribution is -0.125. The van der Waals surface area contributed by atoms with E-state index in [0.29, 0.717) is 13.0 Å². The summed E-state index contributed by atoms with van der Waals surface area (Å²) in [5.41, 5.74) is 6.96. The van der Waals surface area contributed by atoms with Crippen LogP contribution < -0.4 is 10.2 Å². The highest BCUT2D eigenvalue weighted by Crippen LogP contribution is 2.27. The van der Waals surface area contributed by atoms with Gasteiger partial charge in [0, 0.05) is 56.6 Å². The Labute approximate surface area is 237 Å². The third-order valence-corrected chi connectivity index (χ3v) is 8.25. The average Bonchev–Trinajstić information content (AvgIpc) is 3.44. The lowest BCUT2D eigenvalue weighted by Crippen LogP contribution is -2.43. The number of hydrogen-bond acceptors (Lipinski definition) is 7. The second-order valence-corrected chi connectivity index (χ2v) is 11.3. The minimum absolute atomic E-state index is 0.0689. The first-order chi connectivity index (χ1) is 19.6. The van der Waals surface area contributed by atoms with E-state index in [1.165, 1.54) is 22.4 Å². The summed E-state index contributed by atoms with van der Waals surface area (Å²) in [4.78, 5) is 29.9. The molecule has 2 fully saturated rings. The Bertz CT molecular complexity index is 1310. The molecule has 2 aromatic carbocycles. The molecule has 7 rings (SSSR count). The molecule has 5 heterocycles. The van der Waals surface area contributed by atoms with Crippen molar-refractivity contribution in [3.8, 4) is 11.3 Å². The van der Waals surface area contributed by atoms with Gasteiger partial charge in [0.15, 0.2) is 0 Å². The molecule has 0 spiro atoms. The molecule has 1 N–H and O–H groups in total. The van der Waals surface area contributed by atoms with Crippen molar-refractivity contribution in [1.29, 1.82) is 0 Å². The highest BCUT2D eigenvalue weighted by molar-refractivity contribution is 5.82. The molecule has 4 aliphatic rings. The molecule has 1 amide bonds. The van der Waals surface area contributed by atoms with Gasteiger partial charge in [0.05, 0.1) is 24.9 Å². The van der Waals surface area contributed by atoms with Crippen LogP contribution in [-0.4, -0.2) is 84.7 Å². The van der Waals surface area contributed by atoms with Crippen LogP contribution in [0.1, 0.15) is 41.8 Å². The van der Waals surface area contributed by atoms with Crippen LogP contribution in [0.5, 0.6) is 0 Å². The van der Waals surface area contributed by atoms with E-state index in [-0.39, 0.29) is 11.9 Å². The Morgan fingerprint density at radius 3 is 2.58 bits per heavy atom. The van der Waals surface area contributed by atoms with Crippen molar-refractivity contribution >= 4 is 11.6 Å². The number of aromatic nitrogens is 2. The highest BCUT2D eigenvalue weighted by Gasteiger charge is 2.30. The van der Waals surface area contributed by atoms with E-state index < -0.39 is 0 Å². The van der Waals surface area contributed by atoms with Gasteiger partial charge in [0.25, 0.3) is 0 Å². The van der Waals surface area contributed by atoms with Crippen LogP contribution >= 0.6 is 0 Å². The molecule has 3 aromatic rings. The zero-order valence-corrected chi connectivity index (χ0v) is 23.5. The summed E-state index contributed by atoms with van der Waals surface area (Å²) in [5.74, 6) is 0.979. The standard InChI is InChI=1S/C32H40N6O2/c1-36-12-3-10-34-32(39)30-4-2-13-38(30)23-26-18-25(19-28(20-26)37-14-16-40-17-15-37)21-31-33-11-9-29(35-31)27-7-5-24(22-36)6-8-27/h5-9,11,18-20,30H,2-4,10,12-17,21-23H2,1H3,(H,34,39)/t30-/m1/s1. The highest BCUT2D eigenvalue weighted by atomic mass is 16.5. The molecule has 210 valence electrons. The van der Waals surface area contributed by atoms with Crippen LogP contribution in [0.3, 0.4) is 0 Å². The van der Waals surface area contributed by atoms with E-state index in [2.05, 4.69) is 74.5 Å². The summed E-state index contributed by atoms with van der Waals surface area (Å²) in [6, 6.07) is 17.5. The van der Waals surface area contributed by atoms with Gasteiger partial charge in [-0.25, -0.2) is 9.97 Å². The zero-order valence-electron chi connectivity index (χ0n) is 23.5. The van der Waals surface area contributed by atoms with Gasteiger partial charge in [-0.1, -0.05) is 30.3 Å². The number of benzene rings is 2. The number of fused-ring (bicyclic) bond motifs is 8. The largest absolute Gasteiger partial charge is 0.378 e. The summed E-state index contributed by atoms with van der Waals surface area (Å²) < 4.78 is 5.62. The van der Waals surface area contributed by atoms with Gasteiger partial charge < -0.3 is 19.9 Å². The van der Waals surface area contributed by atoms with Gasteiger partial charge in [-0.15, -0.1) is 0 Å². The molecular formula is C32H40N6O2. The predicted molar refractivity (Wildman–Crippen MR) is 157 cm³/mol. The Kier molecular flexibility index (Phi) is 8.37. The van der Waals surface area contributed by atoms with Gasteiger partial charge in [0.2, 0.25) is 5.91 Å². The Morgan fingerprint density at radius 1 is 0.900 bits per heavy atom. The smallest absolute Gasteiger partial charge is 0.237 e. The fraction of sp³-hybridized carbons (Fsp3) is 0.469. The number of carbonyl (C=O) groups is 1. The lowest BCUT2D eigenvalue weighted by atomic mass is 10.0. The monoisotopic (exact) mass is 540 g/mol. The van der Waals surface area contributed by atoms with Crippen LogP contribution in [-0.2, 0) is 29.0 Å². The number of nitrogens with one attached hydrogen (secondary N) is 1. The maximum Gasteiger partial charge on any atom is 0.237 e. The quantitative estimate of drug-likeness (QED) is 0.507. The first-order valence-corrected chi connectivity index (χ1v) is 14.7. The minimum atomic E-state index is -0.0689. The number of ether oxygens (including phenoxy) is 1. The van der Waals surface area contributed by atoms with Gasteiger partial charge >= 0.3 is 0 Å². The third kappa shape index (κ3) is 6.52. The molecular weight excluding hydrogens is 500 g/mol. The van der Waals surface area contributed by atoms with Crippen molar-refractivity contribution < 1.29 is 9.53 Å². The van der Waals surface area contributed by atoms with Crippen molar-refractivity contribution in [1.82, 2.24) is 25.1 Å². The predicted octanol–water partition coefficient (Wildman–Crippen LogP) is 3.49. The number of morpholine rings is 1. The molecule has 2 saturated heterocycles. The first kappa shape index (κ1) is 26.9. The molecule has 4 aliphatic heterocycles. The number of amides is 1. The van der Waals surface area contributed by atoms with Crippen molar-refractivity contribution in [2.75, 3.05) is 57.9 Å². The van der Waals surface area contributed by atoms with E-state index in [0.717, 1.165) is 88.8 Å². The second-order valence-electron chi connectivity index (χ2n) is 11.3. The summed E-state index contributed by atoms with van der Waals surface area (Å²) in [6.45, 7) is 7.48. The SMILES string of the molecule is CN1CCCNC(=O)[C@H]2CCCN2Cc2cc(cc(N3CCOCC3)c2)Cc2nccc(n2)-c2ccc(cc2)C1. The van der Waals surface area contributed by atoms with Crippen molar-refractivity contribution in [2.45, 2.75) is 44.8 Å². The molecule has 0 unspecified atom stereocenters. The fourth-order valence-corrected chi connectivity index (χ4v) is 6.16. The van der Waals surface area contributed by atoms with Crippen LogP contribution in [0, 0.1) is 0 Å². The third-order valence-electron chi connectivity index (χ3n) is 8.25. The Hall–Kier alpha value is -3.33. The number of rotatable bonds is 1. The molecule has 6 bridgehead atoms. The lowest BCUT2D eigenvalue weighted by Gasteiger charge is -2.30. The summed E-state index contributed by atoms with van der Waals surface area (Å²) in [5, 5.41) is 3.23. The molecule has 1 atom stereocenters. The minimum Gasteiger partial charge on any atom is -0.378 e. The van der Waals surface area contributed by atoms with E-state index in [1.54, 1.807) is 0 Å². The van der Waals surface area contributed by atoms with Gasteiger partial charge in [-0.2, -0.15) is 0 Å². The second kappa shape index (κ2) is 12.5. The van der Waals surface area contributed by atoms with Crippen LogP contribution in [0.4, 0.5) is 5.69 Å². The maximum absolute atomic E-state index is 13.2. The van der Waals surface area contributed by atoms with Crippen LogP contribution in [0.2, 0.25) is 0 Å². The van der Waals surface area contributed by atoms with E-state index in [9.17, 15) is 4.79 Å². The Balaban J connectivity index is 1.33. The van der Waals surface area contributed by atoms with Crippen molar-refractivity contribution in [3.05, 3.63) is 77.2 Å². The van der Waals surface area contributed by atoms with Crippen LogP contribution in [0.25, 0.3) is 11.3 Å².